The number of hydrogen-bond donors (Lipinski definition) is 1. The highest BCUT2D eigenvalue weighted by molar-refractivity contribution is 5.38. The van der Waals surface area contributed by atoms with Crippen LogP contribution in [0.2, 0.25) is 0 Å². The molecule has 0 aliphatic rings. The van der Waals surface area contributed by atoms with Gasteiger partial charge in [0.05, 0.1) is 7.11 Å². The van der Waals surface area contributed by atoms with Crippen molar-refractivity contribution < 1.29 is 9.47 Å². The Kier molecular flexibility index (Phi) is 4.34. The van der Waals surface area contributed by atoms with Crippen molar-refractivity contribution in [2.24, 2.45) is 0 Å². The molecule has 0 saturated heterocycles. The molecule has 2 aromatic rings. The van der Waals surface area contributed by atoms with E-state index < -0.39 is 0 Å². The summed E-state index contributed by atoms with van der Waals surface area (Å²) in [6.07, 6.45) is 1.02. The molecule has 0 amide bonds. The smallest absolute Gasteiger partial charge is 0.330 e. The van der Waals surface area contributed by atoms with Crippen LogP contribution in [-0.2, 0) is 0 Å². The fourth-order valence-electron chi connectivity index (χ4n) is 1.79. The van der Waals surface area contributed by atoms with Gasteiger partial charge in [-0.05, 0) is 24.0 Å². The van der Waals surface area contributed by atoms with E-state index in [4.69, 9.17) is 15.2 Å². The third-order valence-electron chi connectivity index (χ3n) is 3.06. The summed E-state index contributed by atoms with van der Waals surface area (Å²) in [5.74, 6) is 1.16. The highest BCUT2D eigenvalue weighted by atomic mass is 16.5. The topological polar surface area (TPSA) is 83.2 Å². The molecule has 6 heteroatoms. The summed E-state index contributed by atoms with van der Waals surface area (Å²) in [5, 5.41) is 0. The van der Waals surface area contributed by atoms with Crippen LogP contribution >= 0.6 is 0 Å². The van der Waals surface area contributed by atoms with Crippen LogP contribution in [0.1, 0.15) is 31.7 Å². The van der Waals surface area contributed by atoms with Crippen molar-refractivity contribution in [2.75, 3.05) is 12.8 Å². The summed E-state index contributed by atoms with van der Waals surface area (Å²) < 4.78 is 10.7. The normalized spacial score (nSPS) is 11.9. The molecule has 1 atom stereocenters. The van der Waals surface area contributed by atoms with Crippen LogP contribution in [0.15, 0.2) is 24.3 Å². The van der Waals surface area contributed by atoms with Gasteiger partial charge >= 0.3 is 12.0 Å². The first kappa shape index (κ1) is 14.0. The van der Waals surface area contributed by atoms with Gasteiger partial charge in [0.1, 0.15) is 5.75 Å². The van der Waals surface area contributed by atoms with Crippen LogP contribution in [0.4, 0.5) is 5.95 Å². The number of aromatic nitrogens is 3. The molecule has 0 radical (unpaired) electrons. The lowest BCUT2D eigenvalue weighted by atomic mass is 9.98. The maximum atomic E-state index is 5.73. The molecule has 106 valence electrons. The quantitative estimate of drug-likeness (QED) is 0.902. The van der Waals surface area contributed by atoms with Gasteiger partial charge in [0.2, 0.25) is 5.95 Å². The molecule has 0 aliphatic heterocycles. The minimum absolute atomic E-state index is 0.0628. The average molecular weight is 274 g/mol. The highest BCUT2D eigenvalue weighted by Crippen LogP contribution is 2.31. The Balaban J connectivity index is 2.32. The van der Waals surface area contributed by atoms with Gasteiger partial charge in [-0.3, -0.25) is 0 Å². The minimum Gasteiger partial charge on any atom is -0.467 e. The minimum atomic E-state index is 0.0628. The molecule has 1 aromatic heterocycles. The molecule has 2 rings (SSSR count). The Labute approximate surface area is 118 Å². The molecule has 0 saturated carbocycles. The SMILES string of the molecule is CCC(C)c1ccccc1Oc1nc(N)nc(OC)n1. The van der Waals surface area contributed by atoms with Gasteiger partial charge in [0.15, 0.2) is 0 Å². The van der Waals surface area contributed by atoms with E-state index in [1.165, 1.54) is 7.11 Å². The monoisotopic (exact) mass is 274 g/mol. The first-order chi connectivity index (χ1) is 9.63. The Morgan fingerprint density at radius 2 is 1.85 bits per heavy atom. The molecule has 0 aliphatic carbocycles. The molecule has 0 fully saturated rings. The molecular formula is C14H18N4O2. The number of methoxy groups -OCH3 is 1. The molecule has 0 spiro atoms. The second-order valence-corrected chi connectivity index (χ2v) is 4.41. The second kappa shape index (κ2) is 6.18. The average Bonchev–Trinajstić information content (AvgIpc) is 2.46. The van der Waals surface area contributed by atoms with E-state index in [2.05, 4.69) is 28.8 Å². The first-order valence-corrected chi connectivity index (χ1v) is 6.46. The van der Waals surface area contributed by atoms with Crippen LogP contribution in [0.5, 0.6) is 17.8 Å². The van der Waals surface area contributed by atoms with E-state index in [1.807, 2.05) is 24.3 Å². The van der Waals surface area contributed by atoms with E-state index in [0.717, 1.165) is 17.7 Å². The van der Waals surface area contributed by atoms with Crippen molar-refractivity contribution in [1.82, 2.24) is 15.0 Å². The molecule has 0 bridgehead atoms. The van der Waals surface area contributed by atoms with Crippen LogP contribution in [0, 0.1) is 0 Å². The number of para-hydroxylation sites is 1. The van der Waals surface area contributed by atoms with Gasteiger partial charge in [-0.25, -0.2) is 0 Å². The standard InChI is InChI=1S/C14H18N4O2/c1-4-9(2)10-7-5-6-8-11(10)20-14-17-12(15)16-13(18-14)19-3/h5-9H,4H2,1-3H3,(H2,15,16,17,18). The van der Waals surface area contributed by atoms with Crippen molar-refractivity contribution in [3.8, 4) is 17.8 Å². The maximum Gasteiger partial charge on any atom is 0.330 e. The van der Waals surface area contributed by atoms with Crippen LogP contribution in [-0.4, -0.2) is 22.1 Å². The number of nitrogen functional groups attached to an aromatic ring is 1. The lowest BCUT2D eigenvalue weighted by molar-refractivity contribution is 0.359. The van der Waals surface area contributed by atoms with Crippen LogP contribution in [0.25, 0.3) is 0 Å². The first-order valence-electron chi connectivity index (χ1n) is 6.46. The number of anilines is 1. The predicted octanol–water partition coefficient (Wildman–Crippen LogP) is 2.77. The van der Waals surface area contributed by atoms with E-state index >= 15 is 0 Å². The lowest BCUT2D eigenvalue weighted by Gasteiger charge is -2.14. The largest absolute Gasteiger partial charge is 0.467 e. The van der Waals surface area contributed by atoms with Gasteiger partial charge in [-0.1, -0.05) is 32.0 Å². The van der Waals surface area contributed by atoms with E-state index in [1.54, 1.807) is 0 Å². The molecule has 6 nitrogen and oxygen atoms in total. The summed E-state index contributed by atoms with van der Waals surface area (Å²) in [7, 11) is 1.46. The summed E-state index contributed by atoms with van der Waals surface area (Å²) in [6, 6.07) is 8.07. The zero-order valence-corrected chi connectivity index (χ0v) is 11.8. The fraction of sp³-hybridized carbons (Fsp3) is 0.357. The van der Waals surface area contributed by atoms with Crippen molar-refractivity contribution in [2.45, 2.75) is 26.2 Å². The Morgan fingerprint density at radius 1 is 1.15 bits per heavy atom. The van der Waals surface area contributed by atoms with Crippen molar-refractivity contribution in [1.29, 1.82) is 0 Å². The zero-order valence-electron chi connectivity index (χ0n) is 11.8. The van der Waals surface area contributed by atoms with Crippen LogP contribution in [0.3, 0.4) is 0 Å². The number of nitrogens with zero attached hydrogens (tertiary/aromatic N) is 3. The molecule has 20 heavy (non-hydrogen) atoms. The Bertz CT molecular complexity index is 589. The predicted molar refractivity (Wildman–Crippen MR) is 76.0 cm³/mol. The van der Waals surface area contributed by atoms with Gasteiger partial charge in [0.25, 0.3) is 0 Å². The van der Waals surface area contributed by atoms with Crippen LogP contribution < -0.4 is 15.2 Å². The number of benzene rings is 1. The van der Waals surface area contributed by atoms with E-state index in [-0.39, 0.29) is 18.0 Å². The zero-order chi connectivity index (χ0) is 14.5. The lowest BCUT2D eigenvalue weighted by Crippen LogP contribution is -2.04. The Hall–Kier alpha value is -2.37. The fourth-order valence-corrected chi connectivity index (χ4v) is 1.79. The third-order valence-corrected chi connectivity index (χ3v) is 3.06. The van der Waals surface area contributed by atoms with Gasteiger partial charge in [-0.2, -0.15) is 9.97 Å². The van der Waals surface area contributed by atoms with E-state index in [0.29, 0.717) is 5.92 Å². The number of nitrogens with two attached hydrogens (primary N) is 1. The van der Waals surface area contributed by atoms with Gasteiger partial charge < -0.3 is 15.2 Å². The van der Waals surface area contributed by atoms with Crippen molar-refractivity contribution in [3.05, 3.63) is 29.8 Å². The van der Waals surface area contributed by atoms with Gasteiger partial charge in [-0.15, -0.1) is 4.98 Å². The highest BCUT2D eigenvalue weighted by Gasteiger charge is 2.13. The second-order valence-electron chi connectivity index (χ2n) is 4.41. The molecule has 1 unspecified atom stereocenters. The number of ether oxygens (including phenoxy) is 2. The molecular weight excluding hydrogens is 256 g/mol. The summed E-state index contributed by atoms with van der Waals surface area (Å²) in [4.78, 5) is 11.8. The molecule has 1 aromatic carbocycles. The van der Waals surface area contributed by atoms with Crippen molar-refractivity contribution in [3.63, 3.8) is 0 Å². The summed E-state index contributed by atoms with van der Waals surface area (Å²) in [5.41, 5.74) is 6.70. The number of hydrogen-bond acceptors (Lipinski definition) is 6. The Morgan fingerprint density at radius 3 is 2.55 bits per heavy atom. The third kappa shape index (κ3) is 3.14. The maximum absolute atomic E-state index is 5.73. The molecule has 1 heterocycles. The van der Waals surface area contributed by atoms with E-state index in [9.17, 15) is 0 Å². The molecule has 2 N–H and O–H groups in total. The van der Waals surface area contributed by atoms with Gasteiger partial charge in [0, 0.05) is 0 Å². The number of rotatable bonds is 5. The summed E-state index contributed by atoms with van der Waals surface area (Å²) in [6.45, 7) is 4.27. The van der Waals surface area contributed by atoms with Crippen molar-refractivity contribution >= 4 is 5.95 Å². The summed E-state index contributed by atoms with van der Waals surface area (Å²) >= 11 is 0.